The van der Waals surface area contributed by atoms with Gasteiger partial charge < -0.3 is 5.11 Å². The highest BCUT2D eigenvalue weighted by Crippen LogP contribution is 2.12. The molecule has 1 aliphatic rings. The summed E-state index contributed by atoms with van der Waals surface area (Å²) in [6, 6.07) is 0.631. The van der Waals surface area contributed by atoms with Crippen molar-refractivity contribution in [2.24, 2.45) is 0 Å². The number of rotatable bonds is 4. The van der Waals surface area contributed by atoms with E-state index in [1.165, 1.54) is 19.3 Å². The lowest BCUT2D eigenvalue weighted by atomic mass is 10.1. The molecular weight excluding hydrogens is 126 g/mol. The molecule has 1 saturated heterocycles. The van der Waals surface area contributed by atoms with Crippen LogP contribution < -0.4 is 5.32 Å². The van der Waals surface area contributed by atoms with Crippen molar-refractivity contribution in [1.82, 2.24) is 5.32 Å². The Hall–Kier alpha value is -0.0800. The highest BCUT2D eigenvalue weighted by atomic mass is 16.2. The van der Waals surface area contributed by atoms with Gasteiger partial charge in [-0.15, -0.1) is 0 Å². The summed E-state index contributed by atoms with van der Waals surface area (Å²) in [5, 5.41) is 12.9. The molecule has 0 aromatic heterocycles. The van der Waals surface area contributed by atoms with Gasteiger partial charge in [-0.1, -0.05) is 0 Å². The molecule has 0 aliphatic carbocycles. The van der Waals surface area contributed by atoms with E-state index in [2.05, 4.69) is 5.32 Å². The third kappa shape index (κ3) is 2.67. The Morgan fingerprint density at radius 1 is 1.40 bits per heavy atom. The van der Waals surface area contributed by atoms with E-state index in [1.54, 1.807) is 0 Å². The van der Waals surface area contributed by atoms with Gasteiger partial charge in [0, 0.05) is 19.2 Å². The van der Waals surface area contributed by atoms with Crippen LogP contribution in [0.1, 0.15) is 32.1 Å². The van der Waals surface area contributed by atoms with Gasteiger partial charge in [-0.05, 0) is 32.1 Å². The van der Waals surface area contributed by atoms with Crippen LogP contribution in [0.15, 0.2) is 0 Å². The van der Waals surface area contributed by atoms with Crippen molar-refractivity contribution in [3.63, 3.8) is 0 Å². The third-order valence-electron chi connectivity index (χ3n) is 2.03. The first kappa shape index (κ1) is 8.02. The quantitative estimate of drug-likeness (QED) is 0.582. The number of unbranched alkanes of at least 4 members (excludes halogenated alkanes) is 1. The van der Waals surface area contributed by atoms with Crippen LogP contribution in [-0.4, -0.2) is 24.3 Å². The van der Waals surface area contributed by atoms with Crippen molar-refractivity contribution < 1.29 is 5.11 Å². The molecule has 1 heterocycles. The first-order valence-corrected chi connectivity index (χ1v) is 4.21. The SMILES string of the molecule is OCCCCC1CCC[N]1. The highest BCUT2D eigenvalue weighted by Gasteiger charge is 2.13. The zero-order valence-corrected chi connectivity index (χ0v) is 6.42. The third-order valence-corrected chi connectivity index (χ3v) is 2.03. The maximum Gasteiger partial charge on any atom is 0.0431 e. The Labute approximate surface area is 62.6 Å². The Balaban J connectivity index is 1.91. The molecule has 0 bridgehead atoms. The molecule has 1 aliphatic heterocycles. The van der Waals surface area contributed by atoms with Crippen LogP contribution in [0.25, 0.3) is 0 Å². The van der Waals surface area contributed by atoms with E-state index in [0.29, 0.717) is 12.6 Å². The number of aliphatic hydroxyl groups excluding tert-OH is 1. The van der Waals surface area contributed by atoms with Crippen LogP contribution in [0, 0.1) is 0 Å². The Morgan fingerprint density at radius 2 is 2.30 bits per heavy atom. The molecule has 0 amide bonds. The van der Waals surface area contributed by atoms with E-state index >= 15 is 0 Å². The van der Waals surface area contributed by atoms with E-state index < -0.39 is 0 Å². The second kappa shape index (κ2) is 4.69. The number of hydrogen-bond acceptors (Lipinski definition) is 1. The summed E-state index contributed by atoms with van der Waals surface area (Å²) in [7, 11) is 0. The van der Waals surface area contributed by atoms with E-state index in [0.717, 1.165) is 19.4 Å². The molecule has 0 saturated carbocycles. The molecule has 2 heteroatoms. The van der Waals surface area contributed by atoms with Crippen molar-refractivity contribution in [3.8, 4) is 0 Å². The predicted molar refractivity (Wildman–Crippen MR) is 41.0 cm³/mol. The van der Waals surface area contributed by atoms with Gasteiger partial charge in [0.1, 0.15) is 0 Å². The fourth-order valence-corrected chi connectivity index (χ4v) is 1.42. The summed E-state index contributed by atoms with van der Waals surface area (Å²) in [4.78, 5) is 0. The molecule has 1 radical (unpaired) electrons. The summed E-state index contributed by atoms with van der Waals surface area (Å²) in [5.74, 6) is 0. The molecule has 1 unspecified atom stereocenters. The van der Waals surface area contributed by atoms with Crippen molar-refractivity contribution in [2.75, 3.05) is 13.2 Å². The molecule has 1 fully saturated rings. The van der Waals surface area contributed by atoms with Gasteiger partial charge in [0.25, 0.3) is 0 Å². The van der Waals surface area contributed by atoms with Crippen LogP contribution in [0.5, 0.6) is 0 Å². The molecule has 1 rings (SSSR count). The second-order valence-electron chi connectivity index (χ2n) is 2.92. The first-order valence-electron chi connectivity index (χ1n) is 4.21. The molecule has 59 valence electrons. The van der Waals surface area contributed by atoms with E-state index in [-0.39, 0.29) is 0 Å². The van der Waals surface area contributed by atoms with Gasteiger partial charge in [-0.3, -0.25) is 0 Å². The molecule has 2 nitrogen and oxygen atoms in total. The standard InChI is InChI=1S/C8H16NO/c10-7-2-1-4-8-5-3-6-9-8/h8,10H,1-7H2. The molecule has 1 N–H and O–H groups in total. The molecule has 0 aromatic carbocycles. The average molecular weight is 142 g/mol. The highest BCUT2D eigenvalue weighted by molar-refractivity contribution is 4.72. The van der Waals surface area contributed by atoms with Crippen LogP contribution in [-0.2, 0) is 0 Å². The van der Waals surface area contributed by atoms with Crippen LogP contribution in [0.4, 0.5) is 0 Å². The zero-order valence-electron chi connectivity index (χ0n) is 6.42. The minimum atomic E-state index is 0.340. The fourth-order valence-electron chi connectivity index (χ4n) is 1.42. The van der Waals surface area contributed by atoms with Gasteiger partial charge in [-0.25, -0.2) is 5.32 Å². The van der Waals surface area contributed by atoms with Gasteiger partial charge in [0.15, 0.2) is 0 Å². The van der Waals surface area contributed by atoms with Crippen LogP contribution >= 0.6 is 0 Å². The maximum absolute atomic E-state index is 8.51. The lowest BCUT2D eigenvalue weighted by Crippen LogP contribution is -2.13. The van der Waals surface area contributed by atoms with Crippen molar-refractivity contribution in [3.05, 3.63) is 0 Å². The summed E-state index contributed by atoms with van der Waals surface area (Å²) in [6.07, 6.45) is 5.85. The smallest absolute Gasteiger partial charge is 0.0431 e. The summed E-state index contributed by atoms with van der Waals surface area (Å²) >= 11 is 0. The number of aliphatic hydroxyl groups is 1. The van der Waals surface area contributed by atoms with E-state index in [4.69, 9.17) is 5.11 Å². The van der Waals surface area contributed by atoms with Gasteiger partial charge in [0.05, 0.1) is 0 Å². The van der Waals surface area contributed by atoms with Crippen LogP contribution in [0.3, 0.4) is 0 Å². The molecule has 1 atom stereocenters. The molecular formula is C8H16NO. The average Bonchev–Trinajstić information content (AvgIpc) is 2.41. The molecule has 10 heavy (non-hydrogen) atoms. The first-order chi connectivity index (χ1) is 4.93. The summed E-state index contributed by atoms with van der Waals surface area (Å²) in [6.45, 7) is 1.41. The summed E-state index contributed by atoms with van der Waals surface area (Å²) in [5.41, 5.74) is 0. The lowest BCUT2D eigenvalue weighted by Gasteiger charge is -2.05. The van der Waals surface area contributed by atoms with Crippen molar-refractivity contribution in [2.45, 2.75) is 38.1 Å². The van der Waals surface area contributed by atoms with Gasteiger partial charge >= 0.3 is 0 Å². The topological polar surface area (TPSA) is 34.3 Å². The van der Waals surface area contributed by atoms with Crippen LogP contribution in [0.2, 0.25) is 0 Å². The Bertz CT molecular complexity index is 79.3. The van der Waals surface area contributed by atoms with Crippen molar-refractivity contribution >= 4 is 0 Å². The van der Waals surface area contributed by atoms with Gasteiger partial charge in [0.2, 0.25) is 0 Å². The second-order valence-corrected chi connectivity index (χ2v) is 2.92. The summed E-state index contributed by atoms with van der Waals surface area (Å²) < 4.78 is 0. The maximum atomic E-state index is 8.51. The fraction of sp³-hybridized carbons (Fsp3) is 1.00. The zero-order chi connectivity index (χ0) is 7.23. The Morgan fingerprint density at radius 3 is 2.90 bits per heavy atom. The number of nitrogens with zero attached hydrogens (tertiary/aromatic N) is 1. The minimum Gasteiger partial charge on any atom is -0.396 e. The van der Waals surface area contributed by atoms with E-state index in [9.17, 15) is 0 Å². The number of hydrogen-bond donors (Lipinski definition) is 1. The largest absolute Gasteiger partial charge is 0.396 e. The molecule has 0 spiro atoms. The normalized spacial score (nSPS) is 25.5. The van der Waals surface area contributed by atoms with E-state index in [1.807, 2.05) is 0 Å². The van der Waals surface area contributed by atoms with Gasteiger partial charge in [-0.2, -0.15) is 0 Å². The Kier molecular flexibility index (Phi) is 3.76. The lowest BCUT2D eigenvalue weighted by molar-refractivity contribution is 0.280. The minimum absolute atomic E-state index is 0.340. The molecule has 0 aromatic rings. The monoisotopic (exact) mass is 142 g/mol. The van der Waals surface area contributed by atoms with Crippen molar-refractivity contribution in [1.29, 1.82) is 0 Å². The predicted octanol–water partition coefficient (Wildman–Crippen LogP) is 0.916.